The van der Waals surface area contributed by atoms with Crippen molar-refractivity contribution < 1.29 is 22.4 Å². The molecule has 1 aliphatic rings. The summed E-state index contributed by atoms with van der Waals surface area (Å²) in [5, 5.41) is 0. The zero-order valence-corrected chi connectivity index (χ0v) is 17.1. The molecule has 1 atom stereocenters. The smallest absolute Gasteiger partial charge is 0.241 e. The number of sulfonamides is 1. The van der Waals surface area contributed by atoms with Gasteiger partial charge in [-0.05, 0) is 49.1 Å². The lowest BCUT2D eigenvalue weighted by atomic mass is 9.95. The van der Waals surface area contributed by atoms with Gasteiger partial charge in [-0.2, -0.15) is 4.72 Å². The zero-order valence-electron chi connectivity index (χ0n) is 16.3. The van der Waals surface area contributed by atoms with E-state index in [2.05, 4.69) is 4.72 Å². The van der Waals surface area contributed by atoms with E-state index in [4.69, 9.17) is 5.73 Å². The summed E-state index contributed by atoms with van der Waals surface area (Å²) in [4.78, 5) is 26.0. The number of likely N-dealkylation sites (tertiary alicyclic amines) is 1. The summed E-state index contributed by atoms with van der Waals surface area (Å²) in [6.45, 7) is 0.659. The van der Waals surface area contributed by atoms with Gasteiger partial charge in [-0.25, -0.2) is 12.8 Å². The molecule has 1 fully saturated rings. The fourth-order valence-corrected chi connectivity index (χ4v) is 4.69. The van der Waals surface area contributed by atoms with Crippen LogP contribution in [0.25, 0.3) is 0 Å². The van der Waals surface area contributed by atoms with Crippen molar-refractivity contribution in [3.05, 3.63) is 66.0 Å². The van der Waals surface area contributed by atoms with E-state index in [0.717, 1.165) is 29.8 Å². The van der Waals surface area contributed by atoms with Gasteiger partial charge in [0.1, 0.15) is 11.9 Å². The number of hydrogen-bond donors (Lipinski definition) is 2. The number of amides is 2. The third-order valence-corrected chi connectivity index (χ3v) is 6.70. The molecule has 1 heterocycles. The minimum absolute atomic E-state index is 0.123. The maximum atomic E-state index is 13.2. The van der Waals surface area contributed by atoms with Crippen LogP contribution in [0, 0.1) is 11.7 Å². The topological polar surface area (TPSA) is 110 Å². The van der Waals surface area contributed by atoms with Crippen LogP contribution in [0.4, 0.5) is 4.39 Å². The fourth-order valence-electron chi connectivity index (χ4n) is 3.50. The van der Waals surface area contributed by atoms with Gasteiger partial charge in [-0.1, -0.05) is 30.3 Å². The molecular weight excluding hydrogens is 409 g/mol. The number of nitrogens with two attached hydrogens (primary N) is 1. The summed E-state index contributed by atoms with van der Waals surface area (Å²) in [6, 6.07) is 12.4. The minimum atomic E-state index is -4.04. The average Bonchev–Trinajstić information content (AvgIpc) is 2.74. The van der Waals surface area contributed by atoms with Crippen molar-refractivity contribution in [2.75, 3.05) is 13.1 Å². The van der Waals surface area contributed by atoms with E-state index in [1.807, 2.05) is 30.3 Å². The molecule has 0 aliphatic carbocycles. The molecule has 9 heteroatoms. The molecule has 160 valence electrons. The number of nitrogens with one attached hydrogen (secondary N) is 1. The van der Waals surface area contributed by atoms with Gasteiger partial charge in [0.05, 0.1) is 4.90 Å². The van der Waals surface area contributed by atoms with Crippen molar-refractivity contribution in [1.82, 2.24) is 9.62 Å². The molecule has 0 spiro atoms. The number of benzene rings is 2. The van der Waals surface area contributed by atoms with Crippen molar-refractivity contribution in [1.29, 1.82) is 0 Å². The van der Waals surface area contributed by atoms with E-state index in [1.165, 1.54) is 0 Å². The van der Waals surface area contributed by atoms with Gasteiger partial charge in [-0.3, -0.25) is 9.59 Å². The van der Waals surface area contributed by atoms with E-state index >= 15 is 0 Å². The van der Waals surface area contributed by atoms with Crippen LogP contribution < -0.4 is 10.5 Å². The molecule has 1 unspecified atom stereocenters. The Kier molecular flexibility index (Phi) is 6.84. The first-order chi connectivity index (χ1) is 14.3. The largest absolute Gasteiger partial charge is 0.369 e. The van der Waals surface area contributed by atoms with Crippen molar-refractivity contribution in [2.45, 2.75) is 30.2 Å². The Bertz CT molecular complexity index is 989. The second-order valence-corrected chi connectivity index (χ2v) is 9.03. The van der Waals surface area contributed by atoms with Crippen LogP contribution in [-0.2, 0) is 26.0 Å². The summed E-state index contributed by atoms with van der Waals surface area (Å²) in [7, 11) is -4.04. The van der Waals surface area contributed by atoms with Crippen LogP contribution in [0.5, 0.6) is 0 Å². The van der Waals surface area contributed by atoms with E-state index in [0.29, 0.717) is 25.9 Å². The van der Waals surface area contributed by atoms with Gasteiger partial charge >= 0.3 is 0 Å². The van der Waals surface area contributed by atoms with E-state index in [1.54, 1.807) is 4.90 Å². The molecule has 7 nitrogen and oxygen atoms in total. The predicted octanol–water partition coefficient (Wildman–Crippen LogP) is 1.44. The highest BCUT2D eigenvalue weighted by Crippen LogP contribution is 2.19. The lowest BCUT2D eigenvalue weighted by molar-refractivity contribution is -0.136. The van der Waals surface area contributed by atoms with E-state index in [-0.39, 0.29) is 29.0 Å². The van der Waals surface area contributed by atoms with Gasteiger partial charge in [0.15, 0.2) is 0 Å². The maximum Gasteiger partial charge on any atom is 0.241 e. The Hall–Kier alpha value is -2.78. The number of piperidine rings is 1. The van der Waals surface area contributed by atoms with E-state index < -0.39 is 21.9 Å². The molecule has 2 aromatic rings. The molecule has 3 N–H and O–H groups in total. The first-order valence-electron chi connectivity index (χ1n) is 9.66. The lowest BCUT2D eigenvalue weighted by Crippen LogP contribution is -2.52. The van der Waals surface area contributed by atoms with Crippen molar-refractivity contribution >= 4 is 21.8 Å². The van der Waals surface area contributed by atoms with Crippen LogP contribution in [-0.4, -0.2) is 44.3 Å². The average molecular weight is 434 g/mol. The molecule has 1 aliphatic heterocycles. The van der Waals surface area contributed by atoms with Crippen LogP contribution in [0.1, 0.15) is 18.4 Å². The summed E-state index contributed by atoms with van der Waals surface area (Å²) in [5.41, 5.74) is 6.14. The Morgan fingerprint density at radius 1 is 1.07 bits per heavy atom. The summed E-state index contributed by atoms with van der Waals surface area (Å²) in [5.74, 6) is -1.59. The first-order valence-corrected chi connectivity index (χ1v) is 11.1. The molecular formula is C21H24FN3O4S. The number of carbonyl (C=O) groups excluding carboxylic acids is 2. The van der Waals surface area contributed by atoms with Crippen molar-refractivity contribution in [3.8, 4) is 0 Å². The predicted molar refractivity (Wildman–Crippen MR) is 109 cm³/mol. The van der Waals surface area contributed by atoms with Crippen LogP contribution in [0.2, 0.25) is 0 Å². The third-order valence-electron chi connectivity index (χ3n) is 5.21. The van der Waals surface area contributed by atoms with Crippen LogP contribution >= 0.6 is 0 Å². The van der Waals surface area contributed by atoms with Crippen molar-refractivity contribution in [3.63, 3.8) is 0 Å². The molecule has 0 radical (unpaired) electrons. The van der Waals surface area contributed by atoms with Gasteiger partial charge in [0, 0.05) is 19.0 Å². The zero-order chi connectivity index (χ0) is 21.7. The number of halogens is 1. The van der Waals surface area contributed by atoms with Gasteiger partial charge in [0.2, 0.25) is 21.8 Å². The third kappa shape index (κ3) is 5.43. The molecule has 0 saturated carbocycles. The highest BCUT2D eigenvalue weighted by atomic mass is 32.2. The van der Waals surface area contributed by atoms with E-state index in [9.17, 15) is 22.4 Å². The Labute approximate surface area is 175 Å². The van der Waals surface area contributed by atoms with Gasteiger partial charge < -0.3 is 10.6 Å². The quantitative estimate of drug-likeness (QED) is 0.688. The summed E-state index contributed by atoms with van der Waals surface area (Å²) < 4.78 is 41.3. The highest BCUT2D eigenvalue weighted by Gasteiger charge is 2.32. The summed E-state index contributed by atoms with van der Waals surface area (Å²) in [6.07, 6.45) is 1.06. The molecule has 2 amide bonds. The number of primary amides is 1. The summed E-state index contributed by atoms with van der Waals surface area (Å²) >= 11 is 0. The second-order valence-electron chi connectivity index (χ2n) is 7.32. The monoisotopic (exact) mass is 433 g/mol. The lowest BCUT2D eigenvalue weighted by Gasteiger charge is -2.33. The fraction of sp³-hybridized carbons (Fsp3) is 0.333. The molecule has 0 aromatic heterocycles. The van der Waals surface area contributed by atoms with Gasteiger partial charge in [-0.15, -0.1) is 0 Å². The number of hydrogen-bond acceptors (Lipinski definition) is 4. The Balaban J connectivity index is 1.80. The van der Waals surface area contributed by atoms with Gasteiger partial charge in [0.25, 0.3) is 0 Å². The number of nitrogens with zero attached hydrogens (tertiary/aromatic N) is 1. The molecule has 1 saturated heterocycles. The Morgan fingerprint density at radius 2 is 1.67 bits per heavy atom. The standard InChI is InChI=1S/C21H24FN3O4S/c22-17-6-8-18(9-7-17)30(28,29)24-19(14-15-4-2-1-3-5-15)21(27)25-12-10-16(11-13-25)20(23)26/h1-9,16,19,24H,10-14H2,(H2,23,26). The normalized spacial score (nSPS) is 16.2. The second kappa shape index (κ2) is 9.36. The Morgan fingerprint density at radius 3 is 2.23 bits per heavy atom. The number of carbonyl (C=O) groups is 2. The maximum absolute atomic E-state index is 13.2. The van der Waals surface area contributed by atoms with Crippen LogP contribution in [0.15, 0.2) is 59.5 Å². The molecule has 3 rings (SSSR count). The SMILES string of the molecule is NC(=O)C1CCN(C(=O)C(Cc2ccccc2)NS(=O)(=O)c2ccc(F)cc2)CC1. The highest BCUT2D eigenvalue weighted by molar-refractivity contribution is 7.89. The molecule has 0 bridgehead atoms. The first kappa shape index (κ1) is 21.9. The minimum Gasteiger partial charge on any atom is -0.369 e. The molecule has 30 heavy (non-hydrogen) atoms. The van der Waals surface area contributed by atoms with Crippen molar-refractivity contribution in [2.24, 2.45) is 11.7 Å². The number of rotatable bonds is 7. The van der Waals surface area contributed by atoms with Crippen LogP contribution in [0.3, 0.4) is 0 Å². The molecule has 2 aromatic carbocycles.